The molecule has 5 heteroatoms. The summed E-state index contributed by atoms with van der Waals surface area (Å²) in [6.45, 7) is 26.9. The van der Waals surface area contributed by atoms with Gasteiger partial charge < -0.3 is 4.89 Å². The molecule has 0 aliphatic rings. The summed E-state index contributed by atoms with van der Waals surface area (Å²) in [6, 6.07) is 0. The van der Waals surface area contributed by atoms with Crippen molar-refractivity contribution >= 4 is 20.5 Å². The quantitative estimate of drug-likeness (QED) is 0.412. The molecule has 0 aromatic carbocycles. The highest BCUT2D eigenvalue weighted by Gasteiger charge is 2.63. The van der Waals surface area contributed by atoms with Gasteiger partial charge in [-0.1, -0.05) is 62.3 Å². The first-order valence-electron chi connectivity index (χ1n) is 9.38. The van der Waals surface area contributed by atoms with Gasteiger partial charge in [0.1, 0.15) is 0 Å². The van der Waals surface area contributed by atoms with E-state index in [2.05, 4.69) is 62.3 Å². The van der Waals surface area contributed by atoms with E-state index < -0.39 is 30.8 Å². The second kappa shape index (κ2) is 6.76. The van der Waals surface area contributed by atoms with Crippen molar-refractivity contribution in [3.8, 4) is 0 Å². The molecule has 2 nitrogen and oxygen atoms in total. The van der Waals surface area contributed by atoms with Crippen molar-refractivity contribution in [3.63, 3.8) is 0 Å². The standard InChI is InChI=1S/C20H45O2P3/c1-16(2,3)24(17(4,5)6,18(7,8)9)23(21)25(22,19(10,11)12)20(13,14)15/h1-15H3. The van der Waals surface area contributed by atoms with Crippen LogP contribution in [0.3, 0.4) is 0 Å². The second-order valence-electron chi connectivity index (χ2n) is 12.3. The average Bonchev–Trinajstić information content (AvgIpc) is 2.18. The maximum absolute atomic E-state index is 14.7. The summed E-state index contributed by atoms with van der Waals surface area (Å²) >= 11 is 0. The molecule has 0 aliphatic carbocycles. The third-order valence-electron chi connectivity index (χ3n) is 5.23. The van der Waals surface area contributed by atoms with Crippen LogP contribution in [0.15, 0.2) is 0 Å². The number of hydrogen-bond acceptors (Lipinski definition) is 2. The lowest BCUT2D eigenvalue weighted by molar-refractivity contribution is -0.147. The van der Waals surface area contributed by atoms with Crippen LogP contribution in [0, 0.1) is 0 Å². The molecule has 152 valence electrons. The van der Waals surface area contributed by atoms with E-state index in [1.165, 1.54) is 0 Å². The fourth-order valence-electron chi connectivity index (χ4n) is 5.50. The Labute approximate surface area is 159 Å². The fourth-order valence-corrected chi connectivity index (χ4v) is 40.8. The molecule has 0 N–H and O–H groups in total. The minimum Gasteiger partial charge on any atom is -0.629 e. The zero-order valence-corrected chi connectivity index (χ0v) is 22.3. The summed E-state index contributed by atoms with van der Waals surface area (Å²) in [5.41, 5.74) is 0. The molecular weight excluding hydrogens is 365 g/mol. The minimum atomic E-state index is -3.03. The summed E-state index contributed by atoms with van der Waals surface area (Å²) in [6.07, 6.45) is 0. The van der Waals surface area contributed by atoms with Gasteiger partial charge in [-0.2, -0.15) is 0 Å². The van der Waals surface area contributed by atoms with Gasteiger partial charge in [0.15, 0.2) is 0 Å². The Kier molecular flexibility index (Phi) is 7.01. The molecule has 0 spiro atoms. The summed E-state index contributed by atoms with van der Waals surface area (Å²) in [4.78, 5) is 14.7. The first-order valence-corrected chi connectivity index (χ1v) is 15.5. The summed E-state index contributed by atoms with van der Waals surface area (Å²) in [5.74, 6) is 0. The van der Waals surface area contributed by atoms with Crippen molar-refractivity contribution < 1.29 is 9.46 Å². The molecular formula is C20H45O2P3. The average molecular weight is 411 g/mol. The molecule has 0 heterocycles. The molecule has 1 atom stereocenters. The Bertz CT molecular complexity index is 535. The number of hydrogen-bond donors (Lipinski definition) is 0. The molecule has 0 saturated heterocycles. The van der Waals surface area contributed by atoms with Crippen molar-refractivity contribution in [2.45, 2.75) is 130 Å². The monoisotopic (exact) mass is 410 g/mol. The Balaban J connectivity index is 7.94. The molecule has 0 radical (unpaired) electrons. The van der Waals surface area contributed by atoms with Crippen LogP contribution < -0.4 is 4.89 Å². The molecule has 0 amide bonds. The Morgan fingerprint density at radius 3 is 0.840 bits per heavy atom. The molecule has 0 bridgehead atoms. The molecule has 1 unspecified atom stereocenters. The van der Waals surface area contributed by atoms with Crippen molar-refractivity contribution in [2.75, 3.05) is 0 Å². The molecule has 0 aliphatic heterocycles. The van der Waals surface area contributed by atoms with E-state index in [1.54, 1.807) is 0 Å². The van der Waals surface area contributed by atoms with Gasteiger partial charge in [-0.15, -0.1) is 0 Å². The molecule has 0 rings (SSSR count). The van der Waals surface area contributed by atoms with E-state index in [4.69, 9.17) is 0 Å². The summed E-state index contributed by atoms with van der Waals surface area (Å²) in [5, 5.41) is -1.41. The maximum atomic E-state index is 14.7. The van der Waals surface area contributed by atoms with Crippen LogP contribution in [0.5, 0.6) is 0 Å². The summed E-state index contributed by atoms with van der Waals surface area (Å²) in [7, 11) is -1.90. The van der Waals surface area contributed by atoms with Gasteiger partial charge in [0.2, 0.25) is 0 Å². The smallest absolute Gasteiger partial charge is 0.265 e. The van der Waals surface area contributed by atoms with Crippen molar-refractivity contribution in [2.24, 2.45) is 0 Å². The van der Waals surface area contributed by atoms with Crippen LogP contribution in [0.25, 0.3) is 0 Å². The molecule has 0 aromatic rings. The van der Waals surface area contributed by atoms with Crippen LogP contribution >= 0.6 is 20.5 Å². The molecule has 0 aromatic heterocycles. The van der Waals surface area contributed by atoms with Gasteiger partial charge in [0, 0.05) is 15.5 Å². The highest BCUT2D eigenvalue weighted by atomic mass is 32.3. The predicted molar refractivity (Wildman–Crippen MR) is 120 cm³/mol. The first-order chi connectivity index (χ1) is 10.4. The maximum Gasteiger partial charge on any atom is 0.265 e. The van der Waals surface area contributed by atoms with Gasteiger partial charge in [0.05, 0.1) is 24.0 Å². The Morgan fingerprint density at radius 1 is 0.520 bits per heavy atom. The van der Waals surface area contributed by atoms with E-state index in [1.807, 2.05) is 41.5 Å². The van der Waals surface area contributed by atoms with E-state index in [9.17, 15) is 9.46 Å². The lowest BCUT2D eigenvalue weighted by Crippen LogP contribution is -2.40. The predicted octanol–water partition coefficient (Wildman–Crippen LogP) is 7.95. The first kappa shape index (κ1) is 25.9. The minimum absolute atomic E-state index is 0.150. The topological polar surface area (TPSA) is 40.1 Å². The lowest BCUT2D eigenvalue weighted by Gasteiger charge is -2.54. The van der Waals surface area contributed by atoms with Gasteiger partial charge in [-0.05, 0) is 41.5 Å². The van der Waals surface area contributed by atoms with E-state index >= 15 is 0 Å². The zero-order chi connectivity index (χ0) is 21.1. The third kappa shape index (κ3) is 3.90. The van der Waals surface area contributed by atoms with Crippen LogP contribution in [0.2, 0.25) is 0 Å². The van der Waals surface area contributed by atoms with Gasteiger partial charge >= 0.3 is 0 Å². The molecule has 0 fully saturated rings. The fraction of sp³-hybridized carbons (Fsp3) is 1.00. The van der Waals surface area contributed by atoms with E-state index in [0.29, 0.717) is 0 Å². The third-order valence-corrected chi connectivity index (χ3v) is 32.4. The van der Waals surface area contributed by atoms with Crippen molar-refractivity contribution in [1.29, 1.82) is 0 Å². The Hall–Kier alpha value is 0.920. The van der Waals surface area contributed by atoms with Crippen LogP contribution in [0.1, 0.15) is 104 Å². The van der Waals surface area contributed by atoms with Crippen LogP contribution in [-0.2, 0) is 4.57 Å². The largest absolute Gasteiger partial charge is 0.629 e. The van der Waals surface area contributed by atoms with Crippen LogP contribution in [0.4, 0.5) is 0 Å². The lowest BCUT2D eigenvalue weighted by atomic mass is 10.2. The SMILES string of the molecule is CC(C)(C)P(=O)([P+]([O-])=P(C(C)(C)C)(C(C)(C)C)C(C)(C)C)C(C)(C)C. The van der Waals surface area contributed by atoms with E-state index in [-0.39, 0.29) is 15.5 Å². The second-order valence-corrected chi connectivity index (χ2v) is 28.6. The van der Waals surface area contributed by atoms with Crippen LogP contribution in [-0.4, -0.2) is 25.8 Å². The van der Waals surface area contributed by atoms with Crippen molar-refractivity contribution in [3.05, 3.63) is 0 Å². The number of rotatable bonds is 1. The molecule has 0 saturated carbocycles. The Morgan fingerprint density at radius 2 is 0.720 bits per heavy atom. The van der Waals surface area contributed by atoms with Gasteiger partial charge in [-0.25, -0.2) is 0 Å². The van der Waals surface area contributed by atoms with Gasteiger partial charge in [0.25, 0.3) is 6.83 Å². The highest BCUT2D eigenvalue weighted by Crippen LogP contribution is 2.95. The van der Waals surface area contributed by atoms with Gasteiger partial charge in [-0.3, -0.25) is 4.57 Å². The molecule has 25 heavy (non-hydrogen) atoms. The highest BCUT2D eigenvalue weighted by molar-refractivity contribution is 8.47. The van der Waals surface area contributed by atoms with Crippen molar-refractivity contribution in [1.82, 2.24) is 0 Å². The van der Waals surface area contributed by atoms with E-state index in [0.717, 1.165) is 0 Å². The summed E-state index contributed by atoms with van der Waals surface area (Å²) < 4.78 is 14.7. The zero-order valence-electron chi connectivity index (χ0n) is 19.7. The normalized spacial score (nSPS) is 16.9.